The van der Waals surface area contributed by atoms with Crippen LogP contribution in [0.25, 0.3) is 0 Å². The van der Waals surface area contributed by atoms with Crippen molar-refractivity contribution in [1.82, 2.24) is 5.32 Å². The molecular formula is C17H26N2O3S. The SMILES string of the molecule is CC(C(=O)NC1CCC(S(C)(=O)=O)CC1)C(N)c1ccccc1. The molecule has 128 valence electrons. The molecule has 0 aliphatic heterocycles. The van der Waals surface area contributed by atoms with Crippen LogP contribution in [0.3, 0.4) is 0 Å². The Morgan fingerprint density at radius 3 is 2.26 bits per heavy atom. The van der Waals surface area contributed by atoms with E-state index >= 15 is 0 Å². The van der Waals surface area contributed by atoms with Crippen LogP contribution in [0, 0.1) is 5.92 Å². The third kappa shape index (κ3) is 4.78. The van der Waals surface area contributed by atoms with Crippen molar-refractivity contribution in [2.24, 2.45) is 11.7 Å². The fourth-order valence-electron chi connectivity index (χ4n) is 3.09. The van der Waals surface area contributed by atoms with Gasteiger partial charge in [-0.1, -0.05) is 37.3 Å². The predicted molar refractivity (Wildman–Crippen MR) is 91.6 cm³/mol. The number of nitrogens with one attached hydrogen (secondary N) is 1. The lowest BCUT2D eigenvalue weighted by Crippen LogP contribution is -2.44. The van der Waals surface area contributed by atoms with Crippen molar-refractivity contribution < 1.29 is 13.2 Å². The molecule has 1 fully saturated rings. The molecule has 0 bridgehead atoms. The number of benzene rings is 1. The first-order chi connectivity index (χ1) is 10.8. The van der Waals surface area contributed by atoms with Gasteiger partial charge in [-0.15, -0.1) is 0 Å². The van der Waals surface area contributed by atoms with E-state index in [1.165, 1.54) is 6.26 Å². The molecule has 0 saturated heterocycles. The number of nitrogens with two attached hydrogens (primary N) is 1. The molecule has 1 aromatic carbocycles. The van der Waals surface area contributed by atoms with Crippen LogP contribution in [0.5, 0.6) is 0 Å². The van der Waals surface area contributed by atoms with Crippen LogP contribution in [0.2, 0.25) is 0 Å². The molecule has 1 aliphatic carbocycles. The van der Waals surface area contributed by atoms with E-state index in [-0.39, 0.29) is 29.2 Å². The first-order valence-corrected chi connectivity index (χ1v) is 10.0. The maximum atomic E-state index is 12.4. The van der Waals surface area contributed by atoms with Gasteiger partial charge < -0.3 is 11.1 Å². The summed E-state index contributed by atoms with van der Waals surface area (Å²) in [5, 5.41) is 2.76. The molecule has 0 spiro atoms. The molecule has 3 N–H and O–H groups in total. The van der Waals surface area contributed by atoms with Gasteiger partial charge in [-0.05, 0) is 31.2 Å². The minimum atomic E-state index is -2.98. The second-order valence-electron chi connectivity index (χ2n) is 6.54. The van der Waals surface area contributed by atoms with Gasteiger partial charge in [0, 0.05) is 18.3 Å². The maximum absolute atomic E-state index is 12.4. The quantitative estimate of drug-likeness (QED) is 0.856. The highest BCUT2D eigenvalue weighted by molar-refractivity contribution is 7.91. The fourth-order valence-corrected chi connectivity index (χ4v) is 4.22. The van der Waals surface area contributed by atoms with Crippen LogP contribution in [-0.2, 0) is 14.6 Å². The van der Waals surface area contributed by atoms with Crippen LogP contribution in [-0.4, -0.2) is 31.9 Å². The summed E-state index contributed by atoms with van der Waals surface area (Å²) in [7, 11) is -2.98. The van der Waals surface area contributed by atoms with E-state index in [1.54, 1.807) is 0 Å². The van der Waals surface area contributed by atoms with Crippen LogP contribution < -0.4 is 11.1 Å². The van der Waals surface area contributed by atoms with Crippen LogP contribution in [0.15, 0.2) is 30.3 Å². The number of amides is 1. The molecule has 1 amide bonds. The van der Waals surface area contributed by atoms with Crippen LogP contribution >= 0.6 is 0 Å². The first-order valence-electron chi connectivity index (χ1n) is 8.09. The molecule has 1 saturated carbocycles. The summed E-state index contributed by atoms with van der Waals surface area (Å²) in [4.78, 5) is 12.4. The number of sulfone groups is 1. The highest BCUT2D eigenvalue weighted by Crippen LogP contribution is 2.25. The van der Waals surface area contributed by atoms with Crippen molar-refractivity contribution in [1.29, 1.82) is 0 Å². The summed E-state index contributed by atoms with van der Waals surface area (Å²) in [6.45, 7) is 1.83. The highest BCUT2D eigenvalue weighted by atomic mass is 32.2. The van der Waals surface area contributed by atoms with Crippen molar-refractivity contribution >= 4 is 15.7 Å². The Hall–Kier alpha value is -1.40. The Bertz CT molecular complexity index is 622. The molecule has 1 aromatic rings. The van der Waals surface area contributed by atoms with Crippen molar-refractivity contribution in [3.05, 3.63) is 35.9 Å². The number of carbonyl (C=O) groups is 1. The third-order valence-corrected chi connectivity index (χ3v) is 6.45. The molecule has 0 radical (unpaired) electrons. The minimum Gasteiger partial charge on any atom is -0.353 e. The Morgan fingerprint density at radius 1 is 1.17 bits per heavy atom. The zero-order chi connectivity index (χ0) is 17.0. The standard InChI is InChI=1S/C17H26N2O3S/c1-12(16(18)13-6-4-3-5-7-13)17(20)19-14-8-10-15(11-9-14)23(2,21)22/h3-7,12,14-16H,8-11,18H2,1-2H3,(H,19,20). The Morgan fingerprint density at radius 2 is 1.74 bits per heavy atom. The van der Waals surface area contributed by atoms with E-state index < -0.39 is 9.84 Å². The summed E-state index contributed by atoms with van der Waals surface area (Å²) in [5.74, 6) is -0.394. The molecule has 0 heterocycles. The van der Waals surface area contributed by atoms with Crippen molar-refractivity contribution in [2.45, 2.75) is 49.9 Å². The number of hydrogen-bond acceptors (Lipinski definition) is 4. The lowest BCUT2D eigenvalue weighted by molar-refractivity contribution is -0.126. The summed E-state index contributed by atoms with van der Waals surface area (Å²) >= 11 is 0. The Kier molecular flexibility index (Phi) is 5.81. The second kappa shape index (κ2) is 7.45. The number of hydrogen-bond donors (Lipinski definition) is 2. The lowest BCUT2D eigenvalue weighted by Gasteiger charge is -2.29. The maximum Gasteiger partial charge on any atom is 0.224 e. The second-order valence-corrected chi connectivity index (χ2v) is 8.86. The Balaban J connectivity index is 1.88. The van der Waals surface area contributed by atoms with Gasteiger partial charge >= 0.3 is 0 Å². The summed E-state index contributed by atoms with van der Waals surface area (Å²) in [5.41, 5.74) is 7.12. The van der Waals surface area contributed by atoms with Gasteiger partial charge in [0.1, 0.15) is 9.84 Å². The van der Waals surface area contributed by atoms with Crippen LogP contribution in [0.4, 0.5) is 0 Å². The van der Waals surface area contributed by atoms with Gasteiger partial charge in [0.05, 0.1) is 11.2 Å². The molecule has 1 aliphatic rings. The zero-order valence-corrected chi connectivity index (χ0v) is 14.6. The smallest absolute Gasteiger partial charge is 0.224 e. The number of rotatable bonds is 5. The van der Waals surface area contributed by atoms with Gasteiger partial charge in [0.15, 0.2) is 0 Å². The van der Waals surface area contributed by atoms with E-state index in [0.717, 1.165) is 5.56 Å². The number of carbonyl (C=O) groups excluding carboxylic acids is 1. The van der Waals surface area contributed by atoms with Gasteiger partial charge in [-0.25, -0.2) is 8.42 Å². The molecule has 2 unspecified atom stereocenters. The van der Waals surface area contributed by atoms with E-state index in [2.05, 4.69) is 5.32 Å². The summed E-state index contributed by atoms with van der Waals surface area (Å²) in [6.07, 6.45) is 3.93. The average Bonchev–Trinajstić information content (AvgIpc) is 2.54. The van der Waals surface area contributed by atoms with Crippen molar-refractivity contribution in [3.8, 4) is 0 Å². The average molecular weight is 338 g/mol. The molecule has 0 aromatic heterocycles. The monoisotopic (exact) mass is 338 g/mol. The molecule has 23 heavy (non-hydrogen) atoms. The topological polar surface area (TPSA) is 89.3 Å². The zero-order valence-electron chi connectivity index (χ0n) is 13.7. The minimum absolute atomic E-state index is 0.0472. The molecular weight excluding hydrogens is 312 g/mol. The summed E-state index contributed by atoms with van der Waals surface area (Å²) < 4.78 is 23.1. The van der Waals surface area contributed by atoms with Gasteiger partial charge in [0.25, 0.3) is 0 Å². The molecule has 6 heteroatoms. The fraction of sp³-hybridized carbons (Fsp3) is 0.588. The van der Waals surface area contributed by atoms with Crippen molar-refractivity contribution in [2.75, 3.05) is 6.26 Å². The molecule has 2 atom stereocenters. The molecule has 5 nitrogen and oxygen atoms in total. The summed E-state index contributed by atoms with van der Waals surface area (Å²) in [6, 6.07) is 9.28. The van der Waals surface area contributed by atoms with Gasteiger partial charge in [-0.2, -0.15) is 0 Å². The van der Waals surface area contributed by atoms with Crippen LogP contribution in [0.1, 0.15) is 44.2 Å². The predicted octanol–water partition coefficient (Wildman–Crippen LogP) is 1.79. The molecule has 2 rings (SSSR count). The normalized spacial score (nSPS) is 24.7. The Labute approximate surface area is 138 Å². The lowest BCUT2D eigenvalue weighted by atomic mass is 9.92. The van der Waals surface area contributed by atoms with E-state index in [1.807, 2.05) is 37.3 Å². The van der Waals surface area contributed by atoms with E-state index in [0.29, 0.717) is 25.7 Å². The highest BCUT2D eigenvalue weighted by Gasteiger charge is 2.30. The van der Waals surface area contributed by atoms with E-state index in [4.69, 9.17) is 5.73 Å². The third-order valence-electron chi connectivity index (χ3n) is 4.76. The van der Waals surface area contributed by atoms with Gasteiger partial charge in [-0.3, -0.25) is 4.79 Å². The largest absolute Gasteiger partial charge is 0.353 e. The van der Waals surface area contributed by atoms with Gasteiger partial charge in [0.2, 0.25) is 5.91 Å². The first kappa shape index (κ1) is 17.9. The van der Waals surface area contributed by atoms with E-state index in [9.17, 15) is 13.2 Å². The van der Waals surface area contributed by atoms with Crippen molar-refractivity contribution in [3.63, 3.8) is 0 Å².